The van der Waals surface area contributed by atoms with Gasteiger partial charge < -0.3 is 4.74 Å². The topological polar surface area (TPSA) is 65.0 Å². The first-order valence-electron chi connectivity index (χ1n) is 8.31. The van der Waals surface area contributed by atoms with Crippen LogP contribution in [0.4, 0.5) is 22.0 Å². The van der Waals surface area contributed by atoms with E-state index in [4.69, 9.17) is 12.2 Å². The smallest absolute Gasteiger partial charge is 0.434 e. The van der Waals surface area contributed by atoms with Gasteiger partial charge in [-0.05, 0) is 24.0 Å². The molecule has 156 valence electrons. The average Bonchev–Trinajstić information content (AvgIpc) is 2.65. The molecule has 29 heavy (non-hydrogen) atoms. The van der Waals surface area contributed by atoms with Crippen molar-refractivity contribution in [1.82, 2.24) is 15.0 Å². The third kappa shape index (κ3) is 4.89. The fourth-order valence-electron chi connectivity index (χ4n) is 2.73. The summed E-state index contributed by atoms with van der Waals surface area (Å²) in [6.45, 7) is 3.31. The van der Waals surface area contributed by atoms with Crippen molar-refractivity contribution in [1.29, 1.82) is 0 Å². The second-order valence-electron chi connectivity index (χ2n) is 6.36. The zero-order valence-electron chi connectivity index (χ0n) is 15.6. The number of hydrogen-bond acceptors (Lipinski definition) is 6. The Balaban J connectivity index is 3.00. The lowest BCUT2D eigenvalue weighted by Gasteiger charge is -2.22. The van der Waals surface area contributed by atoms with E-state index in [0.29, 0.717) is 0 Å². The minimum absolute atomic E-state index is 0.155. The van der Waals surface area contributed by atoms with E-state index in [1.807, 2.05) is 0 Å². The Kier molecular flexibility index (Phi) is 6.93. The number of alkyl halides is 5. The molecule has 2 aromatic rings. The number of carbonyl (C=O) groups excluding carboxylic acids is 1. The summed E-state index contributed by atoms with van der Waals surface area (Å²) < 4.78 is 73.0. The molecule has 2 heterocycles. The van der Waals surface area contributed by atoms with Crippen molar-refractivity contribution < 1.29 is 31.5 Å². The van der Waals surface area contributed by atoms with Gasteiger partial charge in [0, 0.05) is 18.0 Å². The maximum Gasteiger partial charge on any atom is 0.434 e. The fourth-order valence-corrected chi connectivity index (χ4v) is 3.06. The van der Waals surface area contributed by atoms with Crippen LogP contribution in [0.2, 0.25) is 0 Å². The van der Waals surface area contributed by atoms with Crippen LogP contribution in [0.15, 0.2) is 18.5 Å². The van der Waals surface area contributed by atoms with Gasteiger partial charge in [-0.25, -0.2) is 28.5 Å². The van der Waals surface area contributed by atoms with E-state index in [0.717, 1.165) is 7.11 Å². The predicted molar refractivity (Wildman–Crippen MR) is 96.9 cm³/mol. The molecule has 11 heteroatoms. The van der Waals surface area contributed by atoms with E-state index in [-0.39, 0.29) is 23.7 Å². The molecule has 0 atom stereocenters. The van der Waals surface area contributed by atoms with E-state index in [1.165, 1.54) is 18.5 Å². The van der Waals surface area contributed by atoms with Gasteiger partial charge in [0.1, 0.15) is 5.69 Å². The largest absolute Gasteiger partial charge is 0.465 e. The molecule has 0 N–H and O–H groups in total. The number of thiocarbonyl (C=S) groups is 1. The highest BCUT2D eigenvalue weighted by molar-refractivity contribution is 7.81. The van der Waals surface area contributed by atoms with Crippen LogP contribution in [-0.2, 0) is 17.3 Å². The van der Waals surface area contributed by atoms with Crippen LogP contribution < -0.4 is 0 Å². The number of carbonyl (C=O) groups is 1. The highest BCUT2D eigenvalue weighted by Crippen LogP contribution is 2.38. The van der Waals surface area contributed by atoms with Gasteiger partial charge in [-0.2, -0.15) is 13.2 Å². The highest BCUT2D eigenvalue weighted by Gasteiger charge is 2.42. The van der Waals surface area contributed by atoms with E-state index in [2.05, 4.69) is 19.7 Å². The molecule has 0 fully saturated rings. The molecular weight excluding hydrogens is 417 g/mol. The molecule has 0 amide bonds. The second kappa shape index (κ2) is 8.85. The molecule has 2 rings (SSSR count). The Morgan fingerprint density at radius 2 is 1.76 bits per heavy atom. The molecule has 0 unspecified atom stereocenters. The molecule has 0 aromatic carbocycles. The summed E-state index contributed by atoms with van der Waals surface area (Å²) in [5.74, 6) is -1.75. The molecule has 0 aliphatic carbocycles. The Morgan fingerprint density at radius 1 is 1.17 bits per heavy atom. The van der Waals surface area contributed by atoms with Crippen LogP contribution >= 0.6 is 12.2 Å². The molecule has 5 nitrogen and oxygen atoms in total. The molecule has 0 bridgehead atoms. The quantitative estimate of drug-likeness (QED) is 0.288. The lowest BCUT2D eigenvalue weighted by Crippen LogP contribution is -2.25. The van der Waals surface area contributed by atoms with Crippen LogP contribution in [0.5, 0.6) is 0 Å². The number of methoxy groups -OCH3 is 1. The summed E-state index contributed by atoms with van der Waals surface area (Å²) >= 11 is 5.17. The van der Waals surface area contributed by atoms with Gasteiger partial charge >= 0.3 is 12.1 Å². The normalized spacial score (nSPS) is 11.8. The number of pyridine rings is 1. The van der Waals surface area contributed by atoms with Gasteiger partial charge in [-0.3, -0.25) is 0 Å². The first-order chi connectivity index (χ1) is 13.5. The van der Waals surface area contributed by atoms with Crippen LogP contribution in [0.1, 0.15) is 59.0 Å². The SMILES string of the molecule is COC(=O)c1c(C(F)F)nc(C(F)(F)F)c(C(=S)c2ncccn2)c1CC(C)C. The first-order valence-corrected chi connectivity index (χ1v) is 8.71. The zero-order chi connectivity index (χ0) is 21.9. The maximum absolute atomic E-state index is 13.8. The minimum Gasteiger partial charge on any atom is -0.465 e. The van der Waals surface area contributed by atoms with Crippen molar-refractivity contribution in [2.45, 2.75) is 32.9 Å². The average molecular weight is 433 g/mol. The Labute approximate surface area is 168 Å². The van der Waals surface area contributed by atoms with Crippen molar-refractivity contribution in [2.75, 3.05) is 7.11 Å². The predicted octanol–water partition coefficient (Wildman–Crippen LogP) is 4.58. The number of hydrogen-bond donors (Lipinski definition) is 0. The van der Waals surface area contributed by atoms with Crippen molar-refractivity contribution in [3.8, 4) is 0 Å². The summed E-state index contributed by atoms with van der Waals surface area (Å²) in [6.07, 6.45) is -6.17. The van der Waals surface area contributed by atoms with Crippen LogP contribution in [0.25, 0.3) is 0 Å². The molecule has 0 spiro atoms. The van der Waals surface area contributed by atoms with Crippen LogP contribution in [0.3, 0.4) is 0 Å². The Bertz CT molecular complexity index is 918. The molecule has 0 radical (unpaired) electrons. The van der Waals surface area contributed by atoms with E-state index in [9.17, 15) is 26.7 Å². The first kappa shape index (κ1) is 22.7. The lowest BCUT2D eigenvalue weighted by atomic mass is 9.89. The van der Waals surface area contributed by atoms with Gasteiger partial charge in [0.15, 0.2) is 11.5 Å². The molecule has 0 aliphatic rings. The van der Waals surface area contributed by atoms with Gasteiger partial charge in [-0.1, -0.05) is 26.1 Å². The van der Waals surface area contributed by atoms with Crippen molar-refractivity contribution in [2.24, 2.45) is 5.92 Å². The fraction of sp³-hybridized carbons (Fsp3) is 0.389. The van der Waals surface area contributed by atoms with Crippen molar-refractivity contribution in [3.05, 3.63) is 52.4 Å². The number of rotatable bonds is 6. The second-order valence-corrected chi connectivity index (χ2v) is 6.77. The van der Waals surface area contributed by atoms with Crippen molar-refractivity contribution in [3.63, 3.8) is 0 Å². The number of ether oxygens (including phenoxy) is 1. The third-order valence-corrected chi connectivity index (χ3v) is 4.19. The van der Waals surface area contributed by atoms with Gasteiger partial charge in [0.25, 0.3) is 6.43 Å². The monoisotopic (exact) mass is 433 g/mol. The van der Waals surface area contributed by atoms with E-state index < -0.39 is 46.0 Å². The number of esters is 1. The summed E-state index contributed by atoms with van der Waals surface area (Å²) in [7, 11) is 0.937. The standard InChI is InChI=1S/C18H16F5N3O2S/c1-8(2)7-9-10(17(27)28-3)12(15(19)20)26-14(18(21,22)23)11(9)13(29)16-24-5-4-6-25-16/h4-6,8,15H,7H2,1-3H3. The summed E-state index contributed by atoms with van der Waals surface area (Å²) in [6, 6.07) is 1.43. The number of aromatic nitrogens is 3. The Morgan fingerprint density at radius 3 is 2.21 bits per heavy atom. The third-order valence-electron chi connectivity index (χ3n) is 3.80. The maximum atomic E-state index is 13.8. The van der Waals surface area contributed by atoms with Crippen molar-refractivity contribution >= 4 is 23.1 Å². The molecule has 2 aromatic heterocycles. The number of halogens is 5. The van der Waals surface area contributed by atoms with Gasteiger partial charge in [0.05, 0.1) is 17.5 Å². The summed E-state index contributed by atoms with van der Waals surface area (Å²) in [5, 5.41) is 0. The van der Waals surface area contributed by atoms with E-state index in [1.54, 1.807) is 13.8 Å². The highest BCUT2D eigenvalue weighted by atomic mass is 32.1. The summed E-state index contributed by atoms with van der Waals surface area (Å²) in [5.41, 5.74) is -4.63. The summed E-state index contributed by atoms with van der Waals surface area (Å²) in [4.78, 5) is 22.6. The molecule has 0 aliphatic heterocycles. The van der Waals surface area contributed by atoms with E-state index >= 15 is 0 Å². The van der Waals surface area contributed by atoms with Crippen LogP contribution in [-0.4, -0.2) is 32.9 Å². The molecular formula is C18H16F5N3O2S. The van der Waals surface area contributed by atoms with Gasteiger partial charge in [0.2, 0.25) is 0 Å². The number of nitrogens with zero attached hydrogens (tertiary/aromatic N) is 3. The van der Waals surface area contributed by atoms with Gasteiger partial charge in [-0.15, -0.1) is 0 Å². The lowest BCUT2D eigenvalue weighted by molar-refractivity contribution is -0.141. The molecule has 0 saturated carbocycles. The Hall–Kier alpha value is -2.56. The molecule has 0 saturated heterocycles. The zero-order valence-corrected chi connectivity index (χ0v) is 16.4. The minimum atomic E-state index is -5.11. The van der Waals surface area contributed by atoms with Crippen LogP contribution in [0, 0.1) is 5.92 Å².